The Kier molecular flexibility index (Phi) is 11.2. The first-order valence-corrected chi connectivity index (χ1v) is 10.6. The molecular formula is C20H39IN6O2. The summed E-state index contributed by atoms with van der Waals surface area (Å²) >= 11 is 0. The molecule has 2 rings (SSSR count). The molecule has 8 nitrogen and oxygen atoms in total. The van der Waals surface area contributed by atoms with Crippen LogP contribution in [0.3, 0.4) is 0 Å². The number of aliphatic imine (C=N–C) groups is 1. The van der Waals surface area contributed by atoms with Gasteiger partial charge in [0.25, 0.3) is 0 Å². The van der Waals surface area contributed by atoms with Gasteiger partial charge in [0, 0.05) is 57.8 Å². The average Bonchev–Trinajstić information content (AvgIpc) is 3.19. The van der Waals surface area contributed by atoms with Crippen molar-refractivity contribution in [1.82, 2.24) is 25.3 Å². The summed E-state index contributed by atoms with van der Waals surface area (Å²) in [5.41, 5.74) is -0.378. The Hall–Kier alpha value is -1.10. The zero-order valence-corrected chi connectivity index (χ0v) is 20.8. The number of amides is 2. The molecule has 2 aliphatic heterocycles. The second-order valence-corrected chi connectivity index (χ2v) is 8.59. The number of halogens is 1. The van der Waals surface area contributed by atoms with Crippen LogP contribution in [0.15, 0.2) is 4.99 Å². The van der Waals surface area contributed by atoms with Gasteiger partial charge in [0.2, 0.25) is 11.8 Å². The van der Waals surface area contributed by atoms with Crippen LogP contribution in [0.5, 0.6) is 0 Å². The summed E-state index contributed by atoms with van der Waals surface area (Å²) in [6.07, 6.45) is 2.27. The van der Waals surface area contributed by atoms with Gasteiger partial charge in [-0.05, 0) is 19.8 Å². The van der Waals surface area contributed by atoms with Crippen LogP contribution in [0, 0.1) is 5.41 Å². The van der Waals surface area contributed by atoms with Crippen LogP contribution in [0.25, 0.3) is 0 Å². The van der Waals surface area contributed by atoms with E-state index in [1.54, 1.807) is 0 Å². The third-order valence-electron chi connectivity index (χ3n) is 5.16. The Labute approximate surface area is 192 Å². The summed E-state index contributed by atoms with van der Waals surface area (Å²) in [5, 5.41) is 6.28. The van der Waals surface area contributed by atoms with Crippen LogP contribution in [0.2, 0.25) is 0 Å². The second-order valence-electron chi connectivity index (χ2n) is 8.59. The third-order valence-corrected chi connectivity index (χ3v) is 5.16. The van der Waals surface area contributed by atoms with Crippen LogP contribution >= 0.6 is 24.0 Å². The lowest BCUT2D eigenvalue weighted by Gasteiger charge is -2.36. The molecule has 0 aromatic heterocycles. The van der Waals surface area contributed by atoms with Crippen LogP contribution in [-0.4, -0.2) is 97.9 Å². The second kappa shape index (κ2) is 12.6. The maximum absolute atomic E-state index is 12.3. The number of nitrogens with one attached hydrogen (secondary N) is 2. The Morgan fingerprint density at radius 2 is 1.55 bits per heavy atom. The minimum atomic E-state index is -0.378. The Bertz CT molecular complexity index is 550. The van der Waals surface area contributed by atoms with Gasteiger partial charge in [-0.2, -0.15) is 0 Å². The highest BCUT2D eigenvalue weighted by atomic mass is 127. The normalized spacial score (nSPS) is 18.4. The van der Waals surface area contributed by atoms with Crippen LogP contribution in [-0.2, 0) is 9.59 Å². The van der Waals surface area contributed by atoms with E-state index in [2.05, 4.69) is 32.3 Å². The number of nitrogens with zero attached hydrogens (tertiary/aromatic N) is 4. The maximum Gasteiger partial charge on any atom is 0.236 e. The number of guanidine groups is 1. The molecule has 0 unspecified atom stereocenters. The van der Waals surface area contributed by atoms with Crippen molar-refractivity contribution in [3.05, 3.63) is 0 Å². The number of carbonyl (C=O) groups is 2. The highest BCUT2D eigenvalue weighted by molar-refractivity contribution is 14.0. The molecule has 0 aromatic carbocycles. The molecule has 0 radical (unpaired) electrons. The molecule has 2 saturated heterocycles. The SMILES string of the molecule is CCNC(=NCCNC(=O)C(C)(C)C)N1CCN(CC(=O)N2CCCC2)CC1.I. The van der Waals surface area contributed by atoms with Gasteiger partial charge < -0.3 is 20.4 Å². The van der Waals surface area contributed by atoms with Crippen molar-refractivity contribution in [2.45, 2.75) is 40.5 Å². The van der Waals surface area contributed by atoms with Crippen molar-refractivity contribution in [3.63, 3.8) is 0 Å². The monoisotopic (exact) mass is 522 g/mol. The van der Waals surface area contributed by atoms with Gasteiger partial charge in [-0.1, -0.05) is 20.8 Å². The molecule has 2 aliphatic rings. The summed E-state index contributed by atoms with van der Waals surface area (Å²) in [6, 6.07) is 0. The van der Waals surface area contributed by atoms with E-state index in [1.807, 2.05) is 25.7 Å². The maximum atomic E-state index is 12.3. The highest BCUT2D eigenvalue weighted by Gasteiger charge is 2.24. The molecule has 0 saturated carbocycles. The first kappa shape index (κ1) is 25.9. The van der Waals surface area contributed by atoms with E-state index < -0.39 is 0 Å². The molecule has 29 heavy (non-hydrogen) atoms. The van der Waals surface area contributed by atoms with E-state index in [1.165, 1.54) is 0 Å². The van der Waals surface area contributed by atoms with E-state index in [9.17, 15) is 9.59 Å². The third kappa shape index (κ3) is 8.65. The molecule has 0 bridgehead atoms. The summed E-state index contributed by atoms with van der Waals surface area (Å²) in [7, 11) is 0. The van der Waals surface area contributed by atoms with Gasteiger partial charge in [-0.15, -0.1) is 24.0 Å². The summed E-state index contributed by atoms with van der Waals surface area (Å²) in [5.74, 6) is 1.20. The van der Waals surface area contributed by atoms with Crippen molar-refractivity contribution < 1.29 is 9.59 Å². The van der Waals surface area contributed by atoms with Gasteiger partial charge in [0.15, 0.2) is 5.96 Å². The lowest BCUT2D eigenvalue weighted by Crippen LogP contribution is -2.54. The fourth-order valence-corrected chi connectivity index (χ4v) is 3.40. The lowest BCUT2D eigenvalue weighted by molar-refractivity contribution is -0.131. The molecule has 2 N–H and O–H groups in total. The first-order chi connectivity index (χ1) is 13.3. The van der Waals surface area contributed by atoms with Crippen molar-refractivity contribution in [2.24, 2.45) is 10.4 Å². The minimum absolute atomic E-state index is 0. The molecule has 0 aliphatic carbocycles. The Balaban J connectivity index is 0.00000420. The van der Waals surface area contributed by atoms with Crippen LogP contribution in [0.1, 0.15) is 40.5 Å². The number of rotatable bonds is 6. The van der Waals surface area contributed by atoms with Crippen molar-refractivity contribution >= 4 is 41.8 Å². The molecule has 9 heteroatoms. The van der Waals surface area contributed by atoms with Gasteiger partial charge in [-0.25, -0.2) is 0 Å². The summed E-state index contributed by atoms with van der Waals surface area (Å²) in [4.78, 5) is 35.4. The van der Waals surface area contributed by atoms with Crippen molar-refractivity contribution in [1.29, 1.82) is 0 Å². The van der Waals surface area contributed by atoms with Crippen molar-refractivity contribution in [3.8, 4) is 0 Å². The predicted molar refractivity (Wildman–Crippen MR) is 128 cm³/mol. The topological polar surface area (TPSA) is 80.3 Å². The highest BCUT2D eigenvalue weighted by Crippen LogP contribution is 2.12. The van der Waals surface area contributed by atoms with E-state index >= 15 is 0 Å². The summed E-state index contributed by atoms with van der Waals surface area (Å²) < 4.78 is 0. The fourth-order valence-electron chi connectivity index (χ4n) is 3.40. The summed E-state index contributed by atoms with van der Waals surface area (Å²) in [6.45, 7) is 15.5. The predicted octanol–water partition coefficient (Wildman–Crippen LogP) is 0.972. The number of hydrogen-bond donors (Lipinski definition) is 2. The van der Waals surface area contributed by atoms with E-state index in [-0.39, 0.29) is 41.2 Å². The molecule has 0 aromatic rings. The standard InChI is InChI=1S/C20H38N6O2.HI/c1-5-21-19(23-9-8-22-18(28)20(2,3)4)26-14-12-24(13-15-26)16-17(27)25-10-6-7-11-25;/h5-16H2,1-4H3,(H,21,23)(H,22,28);1H. The minimum Gasteiger partial charge on any atom is -0.357 e. The van der Waals surface area contributed by atoms with Gasteiger partial charge in [0.05, 0.1) is 13.1 Å². The fraction of sp³-hybridized carbons (Fsp3) is 0.850. The molecule has 2 heterocycles. The number of piperazine rings is 1. The zero-order chi connectivity index (χ0) is 20.6. The van der Waals surface area contributed by atoms with Gasteiger partial charge in [-0.3, -0.25) is 19.5 Å². The van der Waals surface area contributed by atoms with Crippen LogP contribution < -0.4 is 10.6 Å². The van der Waals surface area contributed by atoms with Gasteiger partial charge in [0.1, 0.15) is 0 Å². The number of carbonyl (C=O) groups excluding carboxylic acids is 2. The quantitative estimate of drug-likeness (QED) is 0.235. The Morgan fingerprint density at radius 3 is 2.10 bits per heavy atom. The lowest BCUT2D eigenvalue weighted by atomic mass is 9.96. The zero-order valence-electron chi connectivity index (χ0n) is 18.5. The van der Waals surface area contributed by atoms with Gasteiger partial charge >= 0.3 is 0 Å². The first-order valence-electron chi connectivity index (χ1n) is 10.6. The molecule has 0 spiro atoms. The largest absolute Gasteiger partial charge is 0.357 e. The smallest absolute Gasteiger partial charge is 0.236 e. The van der Waals surface area contributed by atoms with Crippen LogP contribution in [0.4, 0.5) is 0 Å². The Morgan fingerprint density at radius 1 is 0.931 bits per heavy atom. The molecule has 0 atom stereocenters. The van der Waals surface area contributed by atoms with E-state index in [4.69, 9.17) is 0 Å². The number of hydrogen-bond acceptors (Lipinski definition) is 4. The number of likely N-dealkylation sites (tertiary alicyclic amines) is 1. The molecule has 2 amide bonds. The van der Waals surface area contributed by atoms with Crippen molar-refractivity contribution in [2.75, 3.05) is 65.4 Å². The molecule has 168 valence electrons. The molecular weight excluding hydrogens is 483 g/mol. The van der Waals surface area contributed by atoms with E-state index in [0.717, 1.165) is 64.6 Å². The average molecular weight is 522 g/mol. The van der Waals surface area contributed by atoms with E-state index in [0.29, 0.717) is 19.6 Å². The molecule has 2 fully saturated rings.